The summed E-state index contributed by atoms with van der Waals surface area (Å²) >= 11 is 0. The number of rotatable bonds is 2. The van der Waals surface area contributed by atoms with E-state index in [1.807, 2.05) is 0 Å². The van der Waals surface area contributed by atoms with Crippen molar-refractivity contribution in [3.05, 3.63) is 76.7 Å². The number of hydrogen-bond acceptors (Lipinski definition) is 0. The van der Waals surface area contributed by atoms with Crippen LogP contribution >= 0.6 is 0 Å². The summed E-state index contributed by atoms with van der Waals surface area (Å²) in [6.07, 6.45) is 0. The zero-order valence-corrected chi connectivity index (χ0v) is 10.1. The standard InChI is InChI=1S/C16H17/c1-12-8-7-9-13(2)16(12)14(3)15-10-5-4-6-11-15/h4-11H,1-3H3. The Morgan fingerprint density at radius 1 is 0.750 bits per heavy atom. The van der Waals surface area contributed by atoms with Crippen LogP contribution in [0.3, 0.4) is 0 Å². The van der Waals surface area contributed by atoms with Crippen LogP contribution in [0.25, 0.3) is 0 Å². The maximum absolute atomic E-state index is 2.20. The lowest BCUT2D eigenvalue weighted by Crippen LogP contribution is -2.02. The van der Waals surface area contributed by atoms with Crippen molar-refractivity contribution in [3.63, 3.8) is 0 Å². The first-order valence-corrected chi connectivity index (χ1v) is 5.65. The highest BCUT2D eigenvalue weighted by molar-refractivity contribution is 5.51. The molecule has 0 saturated heterocycles. The topological polar surface area (TPSA) is 0 Å². The van der Waals surface area contributed by atoms with E-state index < -0.39 is 0 Å². The Morgan fingerprint density at radius 2 is 1.31 bits per heavy atom. The van der Waals surface area contributed by atoms with Crippen molar-refractivity contribution in [2.24, 2.45) is 0 Å². The summed E-state index contributed by atoms with van der Waals surface area (Å²) in [6.45, 7) is 6.55. The third-order valence-corrected chi connectivity index (χ3v) is 3.06. The van der Waals surface area contributed by atoms with Crippen LogP contribution in [0.4, 0.5) is 0 Å². The highest BCUT2D eigenvalue weighted by atomic mass is 14.2. The first-order chi connectivity index (χ1) is 7.70. The number of benzene rings is 2. The van der Waals surface area contributed by atoms with Crippen LogP contribution in [0.1, 0.15) is 29.2 Å². The fourth-order valence-electron chi connectivity index (χ4n) is 2.24. The molecule has 81 valence electrons. The van der Waals surface area contributed by atoms with Gasteiger partial charge >= 0.3 is 0 Å². The predicted octanol–water partition coefficient (Wildman–Crippen LogP) is 4.29. The lowest BCUT2D eigenvalue weighted by Gasteiger charge is -2.17. The molecule has 0 nitrogen and oxygen atoms in total. The highest BCUT2D eigenvalue weighted by Crippen LogP contribution is 2.28. The van der Waals surface area contributed by atoms with Gasteiger partial charge in [-0.1, -0.05) is 55.5 Å². The van der Waals surface area contributed by atoms with Gasteiger partial charge in [0.25, 0.3) is 0 Å². The van der Waals surface area contributed by atoms with E-state index in [-0.39, 0.29) is 0 Å². The van der Waals surface area contributed by atoms with E-state index in [1.54, 1.807) is 0 Å². The van der Waals surface area contributed by atoms with Gasteiger partial charge in [0.2, 0.25) is 0 Å². The Bertz CT molecular complexity index is 448. The summed E-state index contributed by atoms with van der Waals surface area (Å²) in [5.41, 5.74) is 5.39. The second kappa shape index (κ2) is 4.52. The van der Waals surface area contributed by atoms with E-state index in [2.05, 4.69) is 69.3 Å². The minimum atomic E-state index is 1.31. The molecular weight excluding hydrogens is 192 g/mol. The molecule has 2 aromatic rings. The van der Waals surface area contributed by atoms with E-state index in [4.69, 9.17) is 0 Å². The first-order valence-electron chi connectivity index (χ1n) is 5.65. The molecule has 16 heavy (non-hydrogen) atoms. The van der Waals surface area contributed by atoms with Crippen LogP contribution in [0.5, 0.6) is 0 Å². The van der Waals surface area contributed by atoms with Gasteiger partial charge in [0, 0.05) is 5.92 Å². The van der Waals surface area contributed by atoms with E-state index >= 15 is 0 Å². The largest absolute Gasteiger partial charge is 0.0622 e. The van der Waals surface area contributed by atoms with E-state index in [0.717, 1.165) is 0 Å². The quantitative estimate of drug-likeness (QED) is 0.692. The van der Waals surface area contributed by atoms with Gasteiger partial charge in [-0.3, -0.25) is 0 Å². The Morgan fingerprint density at radius 3 is 1.88 bits per heavy atom. The zero-order valence-electron chi connectivity index (χ0n) is 10.1. The first kappa shape index (κ1) is 10.9. The predicted molar refractivity (Wildman–Crippen MR) is 69.5 cm³/mol. The van der Waals surface area contributed by atoms with Gasteiger partial charge < -0.3 is 0 Å². The summed E-state index contributed by atoms with van der Waals surface area (Å²) in [7, 11) is 0. The highest BCUT2D eigenvalue weighted by Gasteiger charge is 2.13. The van der Waals surface area contributed by atoms with Crippen LogP contribution in [0.2, 0.25) is 0 Å². The third-order valence-electron chi connectivity index (χ3n) is 3.06. The van der Waals surface area contributed by atoms with E-state index in [9.17, 15) is 0 Å². The van der Waals surface area contributed by atoms with Gasteiger partial charge in [-0.05, 0) is 36.1 Å². The SMILES string of the molecule is C[C](c1ccccc1)c1c(C)cccc1C. The molecule has 2 rings (SSSR count). The molecular formula is C16H17. The molecule has 0 aliphatic rings. The van der Waals surface area contributed by atoms with Crippen LogP contribution in [0, 0.1) is 19.8 Å². The molecule has 0 N–H and O–H groups in total. The molecule has 0 saturated carbocycles. The maximum atomic E-state index is 2.20. The average Bonchev–Trinajstić information content (AvgIpc) is 2.30. The van der Waals surface area contributed by atoms with Crippen molar-refractivity contribution >= 4 is 0 Å². The van der Waals surface area contributed by atoms with Gasteiger partial charge in [0.1, 0.15) is 0 Å². The van der Waals surface area contributed by atoms with Crippen molar-refractivity contribution in [2.45, 2.75) is 20.8 Å². The van der Waals surface area contributed by atoms with Crippen LogP contribution < -0.4 is 0 Å². The Labute approximate surface area is 97.9 Å². The monoisotopic (exact) mass is 209 g/mol. The van der Waals surface area contributed by atoms with Crippen molar-refractivity contribution in [2.75, 3.05) is 0 Å². The van der Waals surface area contributed by atoms with Gasteiger partial charge in [0.15, 0.2) is 0 Å². The summed E-state index contributed by atoms with van der Waals surface area (Å²) in [5, 5.41) is 0. The second-order valence-corrected chi connectivity index (χ2v) is 4.26. The molecule has 0 bridgehead atoms. The fourth-order valence-corrected chi connectivity index (χ4v) is 2.24. The molecule has 1 radical (unpaired) electrons. The summed E-state index contributed by atoms with van der Waals surface area (Å²) in [5.74, 6) is 1.36. The molecule has 0 amide bonds. The van der Waals surface area contributed by atoms with Gasteiger partial charge in [-0.2, -0.15) is 0 Å². The molecule has 0 heteroatoms. The van der Waals surface area contributed by atoms with Crippen molar-refractivity contribution < 1.29 is 0 Å². The van der Waals surface area contributed by atoms with Crippen LogP contribution in [0.15, 0.2) is 48.5 Å². The maximum Gasteiger partial charge on any atom is 0.0314 e. The minimum Gasteiger partial charge on any atom is -0.0622 e. The molecule has 0 atom stereocenters. The number of hydrogen-bond donors (Lipinski definition) is 0. The Balaban J connectivity index is 2.46. The minimum absolute atomic E-state index is 1.31. The third kappa shape index (κ3) is 2.01. The molecule has 2 aromatic carbocycles. The van der Waals surface area contributed by atoms with Crippen LogP contribution in [-0.2, 0) is 0 Å². The van der Waals surface area contributed by atoms with E-state index in [1.165, 1.54) is 28.2 Å². The average molecular weight is 209 g/mol. The summed E-state index contributed by atoms with van der Waals surface area (Å²) in [6, 6.07) is 17.0. The zero-order chi connectivity index (χ0) is 11.5. The lowest BCUT2D eigenvalue weighted by molar-refractivity contribution is 1.13. The molecule has 0 spiro atoms. The molecule has 0 unspecified atom stereocenters. The van der Waals surface area contributed by atoms with Gasteiger partial charge in [-0.15, -0.1) is 0 Å². The smallest absolute Gasteiger partial charge is 0.0314 e. The second-order valence-electron chi connectivity index (χ2n) is 4.26. The van der Waals surface area contributed by atoms with Crippen LogP contribution in [-0.4, -0.2) is 0 Å². The molecule has 0 aliphatic carbocycles. The molecule has 0 aliphatic heterocycles. The molecule has 0 fully saturated rings. The van der Waals surface area contributed by atoms with Gasteiger partial charge in [0.05, 0.1) is 0 Å². The Hall–Kier alpha value is -1.56. The van der Waals surface area contributed by atoms with Crippen molar-refractivity contribution in [3.8, 4) is 0 Å². The van der Waals surface area contributed by atoms with E-state index in [0.29, 0.717) is 0 Å². The lowest BCUT2D eigenvalue weighted by atomic mass is 9.87. The summed E-state index contributed by atoms with van der Waals surface area (Å²) < 4.78 is 0. The number of aryl methyl sites for hydroxylation is 2. The van der Waals surface area contributed by atoms with Gasteiger partial charge in [-0.25, -0.2) is 0 Å². The normalized spacial score (nSPS) is 10.8. The molecule has 0 heterocycles. The van der Waals surface area contributed by atoms with Crippen molar-refractivity contribution in [1.82, 2.24) is 0 Å². The fraction of sp³-hybridized carbons (Fsp3) is 0.188. The van der Waals surface area contributed by atoms with Crippen molar-refractivity contribution in [1.29, 1.82) is 0 Å². The Kier molecular flexibility index (Phi) is 3.09. The summed E-state index contributed by atoms with van der Waals surface area (Å²) in [4.78, 5) is 0. The molecule has 0 aromatic heterocycles.